The number of nitrogens with zero attached hydrogens (tertiary/aromatic N) is 4. The predicted octanol–water partition coefficient (Wildman–Crippen LogP) is 3.18. The van der Waals surface area contributed by atoms with Crippen molar-refractivity contribution in [2.24, 2.45) is 0 Å². The van der Waals surface area contributed by atoms with E-state index in [4.69, 9.17) is 0 Å². The van der Waals surface area contributed by atoms with Crippen molar-refractivity contribution >= 4 is 22.4 Å². The zero-order valence-electron chi connectivity index (χ0n) is 16.6. The number of aromatic nitrogens is 2. The molecule has 7 heteroatoms. The lowest BCUT2D eigenvalue weighted by molar-refractivity contribution is 0.0743. The summed E-state index contributed by atoms with van der Waals surface area (Å²) >= 11 is 1.60. The highest BCUT2D eigenvalue weighted by atomic mass is 32.1. The highest BCUT2D eigenvalue weighted by molar-refractivity contribution is 7.13. The fourth-order valence-corrected chi connectivity index (χ4v) is 4.43. The van der Waals surface area contributed by atoms with Crippen LogP contribution in [0.4, 0.5) is 5.13 Å². The Kier molecular flexibility index (Phi) is 5.49. The Hall–Kier alpha value is -2.93. The molecule has 0 aliphatic carbocycles. The largest absolute Gasteiger partial charge is 0.345 e. The number of anilines is 1. The van der Waals surface area contributed by atoms with Crippen LogP contribution in [0.25, 0.3) is 0 Å². The van der Waals surface area contributed by atoms with Gasteiger partial charge < -0.3 is 14.4 Å². The summed E-state index contributed by atoms with van der Waals surface area (Å²) in [6, 6.07) is 11.6. The molecule has 1 atom stereocenters. The number of rotatable bonds is 4. The van der Waals surface area contributed by atoms with Gasteiger partial charge in [-0.2, -0.15) is 0 Å². The number of benzene rings is 1. The third-order valence-corrected chi connectivity index (χ3v) is 6.33. The highest BCUT2D eigenvalue weighted by Crippen LogP contribution is 2.20. The third-order valence-electron chi connectivity index (χ3n) is 5.50. The molecule has 1 aliphatic rings. The maximum Gasteiger partial charge on any atom is 0.264 e. The Labute approximate surface area is 174 Å². The molecule has 0 saturated carbocycles. The molecule has 0 radical (unpaired) electrons. The van der Waals surface area contributed by atoms with Gasteiger partial charge in [-0.3, -0.25) is 9.59 Å². The lowest BCUT2D eigenvalue weighted by atomic mass is 10.1. The van der Waals surface area contributed by atoms with Crippen molar-refractivity contribution in [3.8, 4) is 0 Å². The van der Waals surface area contributed by atoms with Gasteiger partial charge in [0.15, 0.2) is 5.13 Å². The molecule has 1 aromatic carbocycles. The molecular weight excluding hydrogens is 384 g/mol. The minimum absolute atomic E-state index is 0.141. The van der Waals surface area contributed by atoms with E-state index in [-0.39, 0.29) is 23.1 Å². The van der Waals surface area contributed by atoms with Gasteiger partial charge in [-0.25, -0.2) is 4.98 Å². The normalized spacial score (nSPS) is 15.4. The van der Waals surface area contributed by atoms with E-state index in [1.165, 1.54) is 0 Å². The van der Waals surface area contributed by atoms with Gasteiger partial charge in [-0.05, 0) is 31.0 Å². The van der Waals surface area contributed by atoms with Crippen LogP contribution in [0.5, 0.6) is 0 Å². The minimum atomic E-state index is -0.228. The summed E-state index contributed by atoms with van der Waals surface area (Å²) in [5.74, 6) is -0.180. The van der Waals surface area contributed by atoms with E-state index in [9.17, 15) is 9.59 Å². The van der Waals surface area contributed by atoms with Crippen LogP contribution in [0.2, 0.25) is 0 Å². The van der Waals surface area contributed by atoms with Crippen molar-refractivity contribution in [1.29, 1.82) is 0 Å². The van der Waals surface area contributed by atoms with Crippen molar-refractivity contribution in [1.82, 2.24) is 14.5 Å². The molecule has 0 bridgehead atoms. The van der Waals surface area contributed by atoms with Gasteiger partial charge in [0.2, 0.25) is 0 Å². The number of hydrogen-bond acceptors (Lipinski definition) is 5. The van der Waals surface area contributed by atoms with Crippen LogP contribution < -0.4 is 10.5 Å². The molecule has 4 rings (SSSR count). The molecule has 0 N–H and O–H groups in total. The Balaban J connectivity index is 1.57. The predicted molar refractivity (Wildman–Crippen MR) is 116 cm³/mol. The van der Waals surface area contributed by atoms with Crippen molar-refractivity contribution in [2.75, 3.05) is 31.1 Å². The van der Waals surface area contributed by atoms with Crippen molar-refractivity contribution in [3.63, 3.8) is 0 Å². The number of piperazine rings is 1. The summed E-state index contributed by atoms with van der Waals surface area (Å²) in [5.41, 5.74) is 1.81. The first-order chi connectivity index (χ1) is 14.1. The van der Waals surface area contributed by atoms with Gasteiger partial charge >= 0.3 is 0 Å². The van der Waals surface area contributed by atoms with E-state index in [2.05, 4.69) is 9.88 Å². The van der Waals surface area contributed by atoms with Crippen LogP contribution in [0.3, 0.4) is 0 Å². The molecule has 6 nitrogen and oxygen atoms in total. The van der Waals surface area contributed by atoms with Crippen LogP contribution in [-0.2, 0) is 0 Å². The average molecular weight is 409 g/mol. The fourth-order valence-electron chi connectivity index (χ4n) is 3.73. The van der Waals surface area contributed by atoms with E-state index in [1.807, 2.05) is 55.6 Å². The van der Waals surface area contributed by atoms with Crippen LogP contribution in [0.15, 0.2) is 59.0 Å². The average Bonchev–Trinajstić information content (AvgIpc) is 3.29. The van der Waals surface area contributed by atoms with Crippen molar-refractivity contribution in [3.05, 3.63) is 81.2 Å². The number of amides is 1. The molecule has 1 fully saturated rings. The molecule has 1 amide bonds. The maximum atomic E-state index is 13.2. The molecule has 2 aromatic heterocycles. The van der Waals surface area contributed by atoms with Crippen molar-refractivity contribution < 1.29 is 4.79 Å². The van der Waals surface area contributed by atoms with Crippen LogP contribution >= 0.6 is 11.3 Å². The first kappa shape index (κ1) is 19.4. The molecule has 1 saturated heterocycles. The third kappa shape index (κ3) is 3.82. The molecule has 3 aromatic rings. The molecule has 1 unspecified atom stereocenters. The van der Waals surface area contributed by atoms with E-state index in [0.717, 1.165) is 29.3 Å². The van der Waals surface area contributed by atoms with E-state index < -0.39 is 0 Å². The van der Waals surface area contributed by atoms with Gasteiger partial charge in [0, 0.05) is 44.0 Å². The van der Waals surface area contributed by atoms with Crippen LogP contribution in [0.1, 0.15) is 34.5 Å². The number of hydrogen-bond donors (Lipinski definition) is 0. The summed E-state index contributed by atoms with van der Waals surface area (Å²) in [7, 11) is 0. The second-order valence-electron chi connectivity index (χ2n) is 7.27. The summed E-state index contributed by atoms with van der Waals surface area (Å²) < 4.78 is 1.65. The van der Waals surface area contributed by atoms with Gasteiger partial charge in [-0.15, -0.1) is 11.3 Å². The first-order valence-corrected chi connectivity index (χ1v) is 10.6. The zero-order chi connectivity index (χ0) is 20.4. The molecular formula is C22H24N4O2S. The van der Waals surface area contributed by atoms with Crippen molar-refractivity contribution in [2.45, 2.75) is 19.9 Å². The quantitative estimate of drug-likeness (QED) is 0.665. The molecule has 29 heavy (non-hydrogen) atoms. The van der Waals surface area contributed by atoms with E-state index in [0.29, 0.717) is 13.1 Å². The van der Waals surface area contributed by atoms with Gasteiger partial charge in [0.25, 0.3) is 11.5 Å². The number of pyridine rings is 1. The number of carbonyl (C=O) groups excluding carboxylic acids is 1. The second kappa shape index (κ2) is 8.21. The topological polar surface area (TPSA) is 58.4 Å². The summed E-state index contributed by atoms with van der Waals surface area (Å²) in [6.07, 6.45) is 3.58. The maximum absolute atomic E-state index is 13.2. The molecule has 0 spiro atoms. The number of carbonyl (C=O) groups is 1. The van der Waals surface area contributed by atoms with E-state index >= 15 is 0 Å². The van der Waals surface area contributed by atoms with Gasteiger partial charge in [-0.1, -0.05) is 30.3 Å². The molecule has 150 valence electrons. The SMILES string of the molecule is Cc1ccn(C(C)c2ccccc2)c(=O)c1C(=O)N1CCN(c2nccs2)CC1. The number of thiazole rings is 1. The summed E-state index contributed by atoms with van der Waals surface area (Å²) in [6.45, 7) is 6.42. The Morgan fingerprint density at radius 3 is 2.48 bits per heavy atom. The Bertz CT molecular complexity index is 1040. The smallest absolute Gasteiger partial charge is 0.264 e. The standard InChI is InChI=1S/C22H24N4O2S/c1-16-8-10-26(17(2)18-6-4-3-5-7-18)21(28)19(16)20(27)24-11-13-25(14-12-24)22-23-9-15-29-22/h3-10,15,17H,11-14H2,1-2H3. The Morgan fingerprint density at radius 2 is 1.83 bits per heavy atom. The minimum Gasteiger partial charge on any atom is -0.345 e. The fraction of sp³-hybridized carbons (Fsp3) is 0.318. The second-order valence-corrected chi connectivity index (χ2v) is 8.14. The lowest BCUT2D eigenvalue weighted by Crippen LogP contribution is -2.50. The highest BCUT2D eigenvalue weighted by Gasteiger charge is 2.27. The van der Waals surface area contributed by atoms with Gasteiger partial charge in [0.05, 0.1) is 6.04 Å². The van der Waals surface area contributed by atoms with E-state index in [1.54, 1.807) is 33.2 Å². The summed E-state index contributed by atoms with van der Waals surface area (Å²) in [4.78, 5) is 34.8. The van der Waals surface area contributed by atoms with Gasteiger partial charge in [0.1, 0.15) is 5.56 Å². The number of aryl methyl sites for hydroxylation is 1. The Morgan fingerprint density at radius 1 is 1.10 bits per heavy atom. The monoisotopic (exact) mass is 408 g/mol. The zero-order valence-corrected chi connectivity index (χ0v) is 17.4. The lowest BCUT2D eigenvalue weighted by Gasteiger charge is -2.34. The molecule has 3 heterocycles. The summed E-state index contributed by atoms with van der Waals surface area (Å²) in [5, 5.41) is 2.93. The molecule has 1 aliphatic heterocycles. The van der Waals surface area contributed by atoms with Crippen LogP contribution in [0, 0.1) is 6.92 Å². The van der Waals surface area contributed by atoms with Crippen LogP contribution in [-0.4, -0.2) is 46.5 Å². The first-order valence-electron chi connectivity index (χ1n) is 9.76.